The molecule has 0 amide bonds. The first kappa shape index (κ1) is 12.9. The molecule has 1 rings (SSSR count). The standard InChI is InChI=1S/C10H10BrF2NO2/c1-16-9(15)2-3-14-10-7(12)4-6(11)5-8(10)13/h4-5,14H,2-3H2,1H3. The van der Waals surface area contributed by atoms with Gasteiger partial charge in [-0.2, -0.15) is 0 Å². The molecule has 3 nitrogen and oxygen atoms in total. The molecule has 0 atom stereocenters. The van der Waals surface area contributed by atoms with Gasteiger partial charge in [-0.25, -0.2) is 8.78 Å². The number of anilines is 1. The second-order valence-electron chi connectivity index (χ2n) is 3.00. The van der Waals surface area contributed by atoms with Crippen LogP contribution in [-0.2, 0) is 9.53 Å². The Balaban J connectivity index is 2.64. The number of carbonyl (C=O) groups excluding carboxylic acids is 1. The first-order chi connectivity index (χ1) is 7.54. The summed E-state index contributed by atoms with van der Waals surface area (Å²) in [7, 11) is 1.25. The van der Waals surface area contributed by atoms with Crippen molar-refractivity contribution in [2.45, 2.75) is 6.42 Å². The van der Waals surface area contributed by atoms with Gasteiger partial charge in [0.05, 0.1) is 13.5 Å². The van der Waals surface area contributed by atoms with Crippen molar-refractivity contribution in [2.75, 3.05) is 19.0 Å². The number of esters is 1. The maximum absolute atomic E-state index is 13.3. The highest BCUT2D eigenvalue weighted by Crippen LogP contribution is 2.23. The second-order valence-corrected chi connectivity index (χ2v) is 3.91. The number of rotatable bonds is 4. The lowest BCUT2D eigenvalue weighted by Crippen LogP contribution is -2.11. The average molecular weight is 294 g/mol. The lowest BCUT2D eigenvalue weighted by Gasteiger charge is -2.08. The minimum absolute atomic E-state index is 0.0471. The number of halogens is 3. The Kier molecular flexibility index (Phi) is 4.67. The number of hydrogen-bond acceptors (Lipinski definition) is 3. The van der Waals surface area contributed by atoms with Gasteiger partial charge in [0, 0.05) is 11.0 Å². The molecule has 0 fully saturated rings. The number of methoxy groups -OCH3 is 1. The van der Waals surface area contributed by atoms with Gasteiger partial charge in [-0.3, -0.25) is 4.79 Å². The zero-order valence-electron chi connectivity index (χ0n) is 8.52. The summed E-state index contributed by atoms with van der Waals surface area (Å²) in [4.78, 5) is 10.8. The second kappa shape index (κ2) is 5.79. The predicted octanol–water partition coefficient (Wildman–Crippen LogP) is 2.70. The number of ether oxygens (including phenoxy) is 1. The molecule has 0 saturated carbocycles. The smallest absolute Gasteiger partial charge is 0.307 e. The zero-order valence-corrected chi connectivity index (χ0v) is 10.1. The summed E-state index contributed by atoms with van der Waals surface area (Å²) in [5.41, 5.74) is -0.243. The molecule has 0 spiro atoms. The lowest BCUT2D eigenvalue weighted by molar-refractivity contribution is -0.140. The van der Waals surface area contributed by atoms with Crippen LogP contribution in [0.25, 0.3) is 0 Å². The van der Waals surface area contributed by atoms with E-state index >= 15 is 0 Å². The van der Waals surface area contributed by atoms with Crippen molar-refractivity contribution in [3.8, 4) is 0 Å². The predicted molar refractivity (Wildman–Crippen MR) is 59.2 cm³/mol. The van der Waals surface area contributed by atoms with E-state index < -0.39 is 17.6 Å². The van der Waals surface area contributed by atoms with Gasteiger partial charge in [-0.05, 0) is 12.1 Å². The normalized spacial score (nSPS) is 10.0. The van der Waals surface area contributed by atoms with E-state index in [0.717, 1.165) is 12.1 Å². The van der Waals surface area contributed by atoms with Gasteiger partial charge in [0.1, 0.15) is 17.3 Å². The Morgan fingerprint density at radius 2 is 2.00 bits per heavy atom. The molecule has 0 aromatic heterocycles. The average Bonchev–Trinajstić information content (AvgIpc) is 2.21. The quantitative estimate of drug-likeness (QED) is 0.868. The summed E-state index contributed by atoms with van der Waals surface area (Å²) in [5.74, 6) is -1.86. The molecule has 0 aliphatic heterocycles. The van der Waals surface area contributed by atoms with Gasteiger partial charge >= 0.3 is 5.97 Å². The summed E-state index contributed by atoms with van der Waals surface area (Å²) < 4.78 is 31.3. The van der Waals surface area contributed by atoms with Crippen LogP contribution in [-0.4, -0.2) is 19.6 Å². The first-order valence-corrected chi connectivity index (χ1v) is 5.29. The summed E-state index contributed by atoms with van der Waals surface area (Å²) >= 11 is 2.97. The van der Waals surface area contributed by atoms with Gasteiger partial charge in [0.15, 0.2) is 0 Å². The van der Waals surface area contributed by atoms with E-state index in [1.807, 2.05) is 0 Å². The summed E-state index contributed by atoms with van der Waals surface area (Å²) in [6.07, 6.45) is 0.0471. The fraction of sp³-hybridized carbons (Fsp3) is 0.300. The van der Waals surface area contributed by atoms with Crippen molar-refractivity contribution in [3.63, 3.8) is 0 Å². The Labute approximate surface area is 99.9 Å². The molecular formula is C10H10BrF2NO2. The van der Waals surface area contributed by atoms with Crippen molar-refractivity contribution < 1.29 is 18.3 Å². The number of nitrogens with one attached hydrogen (secondary N) is 1. The Hall–Kier alpha value is -1.17. The number of hydrogen-bond donors (Lipinski definition) is 1. The van der Waals surface area contributed by atoms with E-state index in [9.17, 15) is 13.6 Å². The Bertz CT molecular complexity index is 375. The molecule has 0 unspecified atom stereocenters. The van der Waals surface area contributed by atoms with Gasteiger partial charge in [-0.15, -0.1) is 0 Å². The van der Waals surface area contributed by atoms with Gasteiger partial charge in [-0.1, -0.05) is 15.9 Å². The largest absolute Gasteiger partial charge is 0.469 e. The molecule has 0 heterocycles. The minimum atomic E-state index is -0.711. The van der Waals surface area contributed by atoms with Crippen molar-refractivity contribution >= 4 is 27.6 Å². The topological polar surface area (TPSA) is 38.3 Å². The summed E-state index contributed by atoms with van der Waals surface area (Å²) in [6.45, 7) is 0.113. The van der Waals surface area contributed by atoms with Gasteiger partial charge in [0.25, 0.3) is 0 Å². The van der Waals surface area contributed by atoms with Crippen LogP contribution in [0.4, 0.5) is 14.5 Å². The zero-order chi connectivity index (χ0) is 12.1. The van der Waals surface area contributed by atoms with E-state index in [1.165, 1.54) is 7.11 Å². The number of benzene rings is 1. The highest BCUT2D eigenvalue weighted by atomic mass is 79.9. The third-order valence-electron chi connectivity index (χ3n) is 1.87. The van der Waals surface area contributed by atoms with Crippen LogP contribution in [0.1, 0.15) is 6.42 Å². The molecule has 0 saturated heterocycles. The molecule has 88 valence electrons. The summed E-state index contributed by atoms with van der Waals surface area (Å²) in [5, 5.41) is 2.50. The molecule has 0 radical (unpaired) electrons. The molecule has 1 aromatic rings. The van der Waals surface area contributed by atoms with Crippen LogP contribution >= 0.6 is 15.9 Å². The van der Waals surface area contributed by atoms with Crippen molar-refractivity contribution in [1.29, 1.82) is 0 Å². The van der Waals surface area contributed by atoms with Crippen LogP contribution < -0.4 is 5.32 Å². The first-order valence-electron chi connectivity index (χ1n) is 4.50. The Morgan fingerprint density at radius 3 is 2.50 bits per heavy atom. The third kappa shape index (κ3) is 3.44. The van der Waals surface area contributed by atoms with Crippen molar-refractivity contribution in [2.24, 2.45) is 0 Å². The molecule has 0 aliphatic carbocycles. The highest BCUT2D eigenvalue weighted by Gasteiger charge is 2.10. The maximum atomic E-state index is 13.3. The molecular weight excluding hydrogens is 284 g/mol. The molecule has 0 aliphatic rings. The minimum Gasteiger partial charge on any atom is -0.469 e. The fourth-order valence-electron chi connectivity index (χ4n) is 1.10. The molecule has 1 N–H and O–H groups in total. The molecule has 16 heavy (non-hydrogen) atoms. The van der Waals surface area contributed by atoms with E-state index in [-0.39, 0.29) is 18.7 Å². The lowest BCUT2D eigenvalue weighted by atomic mass is 10.3. The highest BCUT2D eigenvalue weighted by molar-refractivity contribution is 9.10. The van der Waals surface area contributed by atoms with Gasteiger partial charge in [0.2, 0.25) is 0 Å². The summed E-state index contributed by atoms with van der Waals surface area (Å²) in [6, 6.07) is 2.28. The SMILES string of the molecule is COC(=O)CCNc1c(F)cc(Br)cc1F. The van der Waals surface area contributed by atoms with Gasteiger partial charge < -0.3 is 10.1 Å². The van der Waals surface area contributed by atoms with Crippen LogP contribution in [0, 0.1) is 11.6 Å². The molecule has 0 bridgehead atoms. The monoisotopic (exact) mass is 293 g/mol. The third-order valence-corrected chi connectivity index (χ3v) is 2.32. The van der Waals surface area contributed by atoms with Crippen LogP contribution in [0.5, 0.6) is 0 Å². The van der Waals surface area contributed by atoms with Crippen LogP contribution in [0.3, 0.4) is 0 Å². The number of carbonyl (C=O) groups is 1. The molecule has 1 aromatic carbocycles. The maximum Gasteiger partial charge on any atom is 0.307 e. The Morgan fingerprint density at radius 1 is 1.44 bits per heavy atom. The van der Waals surface area contributed by atoms with E-state index in [0.29, 0.717) is 4.47 Å². The van der Waals surface area contributed by atoms with E-state index in [4.69, 9.17) is 0 Å². The van der Waals surface area contributed by atoms with E-state index in [2.05, 4.69) is 26.0 Å². The van der Waals surface area contributed by atoms with E-state index in [1.54, 1.807) is 0 Å². The van der Waals surface area contributed by atoms with Crippen LogP contribution in [0.2, 0.25) is 0 Å². The fourth-order valence-corrected chi connectivity index (χ4v) is 1.50. The van der Waals surface area contributed by atoms with Crippen molar-refractivity contribution in [3.05, 3.63) is 28.2 Å². The van der Waals surface area contributed by atoms with Crippen molar-refractivity contribution in [1.82, 2.24) is 0 Å². The van der Waals surface area contributed by atoms with Crippen LogP contribution in [0.15, 0.2) is 16.6 Å². The molecule has 6 heteroatoms.